The third-order valence-electron chi connectivity index (χ3n) is 2.99. The van der Waals surface area contributed by atoms with Crippen LogP contribution in [0.1, 0.15) is 17.5 Å². The third kappa shape index (κ3) is 4.46. The molecule has 0 aromatic heterocycles. The van der Waals surface area contributed by atoms with Crippen LogP contribution in [-0.2, 0) is 22.6 Å². The molecule has 0 amide bonds. The molecule has 110 valence electrons. The number of carbonyl (C=O) groups is 1. The fraction of sp³-hybridized carbons (Fsp3) is 0.188. The zero-order valence-electron chi connectivity index (χ0n) is 11.3. The Balaban J connectivity index is 1.84. The van der Waals surface area contributed by atoms with E-state index in [4.69, 9.17) is 22.1 Å². The molecule has 0 unspecified atom stereocenters. The largest absolute Gasteiger partial charge is 0.461 e. The van der Waals surface area contributed by atoms with Crippen LogP contribution in [0.25, 0.3) is 0 Å². The number of halogens is 2. The molecule has 0 fully saturated rings. The Bertz CT molecular complexity index is 646. The number of benzene rings is 2. The van der Waals surface area contributed by atoms with E-state index in [1.807, 2.05) is 18.2 Å². The number of nitrogen functional groups attached to an aromatic ring is 1. The molecule has 0 radical (unpaired) electrons. The third-order valence-corrected chi connectivity index (χ3v) is 3.41. The highest BCUT2D eigenvalue weighted by Crippen LogP contribution is 2.20. The molecule has 3 nitrogen and oxygen atoms in total. The van der Waals surface area contributed by atoms with Crippen molar-refractivity contribution in [3.63, 3.8) is 0 Å². The number of hydrogen-bond acceptors (Lipinski definition) is 3. The summed E-state index contributed by atoms with van der Waals surface area (Å²) in [6, 6.07) is 11.7. The highest BCUT2D eigenvalue weighted by molar-refractivity contribution is 6.31. The highest BCUT2D eigenvalue weighted by Gasteiger charge is 2.09. The molecular weight excluding hydrogens is 293 g/mol. The number of esters is 1. The van der Waals surface area contributed by atoms with Crippen LogP contribution in [0, 0.1) is 5.82 Å². The van der Waals surface area contributed by atoms with Gasteiger partial charge in [0, 0.05) is 17.7 Å². The van der Waals surface area contributed by atoms with Crippen molar-refractivity contribution in [1.82, 2.24) is 0 Å². The molecule has 2 aromatic carbocycles. The maximum absolute atomic E-state index is 13.2. The molecule has 2 rings (SSSR count). The molecule has 5 heteroatoms. The second kappa shape index (κ2) is 7.09. The lowest BCUT2D eigenvalue weighted by atomic mass is 10.1. The highest BCUT2D eigenvalue weighted by atomic mass is 35.5. The summed E-state index contributed by atoms with van der Waals surface area (Å²) < 4.78 is 18.3. The lowest BCUT2D eigenvalue weighted by Gasteiger charge is -2.07. The van der Waals surface area contributed by atoms with Gasteiger partial charge in [0.25, 0.3) is 0 Å². The zero-order valence-corrected chi connectivity index (χ0v) is 12.1. The molecule has 0 aliphatic rings. The van der Waals surface area contributed by atoms with E-state index < -0.39 is 5.82 Å². The summed E-state index contributed by atoms with van der Waals surface area (Å²) in [5.41, 5.74) is 7.74. The van der Waals surface area contributed by atoms with Gasteiger partial charge in [-0.1, -0.05) is 35.9 Å². The first-order chi connectivity index (χ1) is 10.1. The Morgan fingerprint density at radius 3 is 2.76 bits per heavy atom. The lowest BCUT2D eigenvalue weighted by molar-refractivity contribution is -0.144. The lowest BCUT2D eigenvalue weighted by Crippen LogP contribution is -2.06. The average Bonchev–Trinajstić information content (AvgIpc) is 2.47. The summed E-state index contributed by atoms with van der Waals surface area (Å²) in [5.74, 6) is -0.886. The average molecular weight is 308 g/mol. The Hall–Kier alpha value is -2.07. The van der Waals surface area contributed by atoms with E-state index in [-0.39, 0.29) is 24.0 Å². The maximum Gasteiger partial charge on any atom is 0.306 e. The van der Waals surface area contributed by atoms with Crippen molar-refractivity contribution in [3.05, 3.63) is 64.4 Å². The Labute approximate surface area is 127 Å². The van der Waals surface area contributed by atoms with Crippen LogP contribution >= 0.6 is 11.6 Å². The topological polar surface area (TPSA) is 52.3 Å². The van der Waals surface area contributed by atoms with E-state index in [0.29, 0.717) is 17.7 Å². The molecule has 0 aliphatic carbocycles. The molecule has 2 aromatic rings. The second-order valence-electron chi connectivity index (χ2n) is 4.62. The van der Waals surface area contributed by atoms with Gasteiger partial charge < -0.3 is 10.5 Å². The predicted octanol–water partition coefficient (Wildman–Crippen LogP) is 3.74. The fourth-order valence-electron chi connectivity index (χ4n) is 1.89. The van der Waals surface area contributed by atoms with Crippen molar-refractivity contribution in [1.29, 1.82) is 0 Å². The van der Waals surface area contributed by atoms with Gasteiger partial charge in [0.1, 0.15) is 12.4 Å². The van der Waals surface area contributed by atoms with Gasteiger partial charge in [0.05, 0.1) is 5.02 Å². The fourth-order valence-corrected chi connectivity index (χ4v) is 2.07. The van der Waals surface area contributed by atoms with E-state index in [0.717, 1.165) is 5.56 Å². The first-order valence-corrected chi connectivity index (χ1v) is 6.87. The van der Waals surface area contributed by atoms with Crippen LogP contribution in [0.4, 0.5) is 10.1 Å². The number of rotatable bonds is 5. The maximum atomic E-state index is 13.2. The normalized spacial score (nSPS) is 10.4. The SMILES string of the molecule is Nc1cccc(CCC(=O)OCc2cccc(F)c2Cl)c1. The van der Waals surface area contributed by atoms with E-state index in [9.17, 15) is 9.18 Å². The molecule has 0 saturated carbocycles. The van der Waals surface area contributed by atoms with E-state index in [1.165, 1.54) is 12.1 Å². The molecular formula is C16H15ClFNO2. The van der Waals surface area contributed by atoms with Gasteiger partial charge in [0.2, 0.25) is 0 Å². The van der Waals surface area contributed by atoms with Crippen LogP contribution in [0.3, 0.4) is 0 Å². The Morgan fingerprint density at radius 2 is 2.00 bits per heavy atom. The molecule has 0 saturated heterocycles. The molecule has 0 heterocycles. The standard InChI is InChI=1S/C16H15ClFNO2/c17-16-12(4-2-6-14(16)18)10-21-15(20)8-7-11-3-1-5-13(19)9-11/h1-6,9H,7-8,10,19H2. The van der Waals surface area contributed by atoms with Gasteiger partial charge in [-0.15, -0.1) is 0 Å². The summed E-state index contributed by atoms with van der Waals surface area (Å²) in [5, 5.41) is -0.0128. The smallest absolute Gasteiger partial charge is 0.306 e. The minimum Gasteiger partial charge on any atom is -0.461 e. The summed E-state index contributed by atoms with van der Waals surface area (Å²) in [4.78, 5) is 11.7. The number of nitrogens with two attached hydrogens (primary N) is 1. The molecule has 0 aliphatic heterocycles. The number of aryl methyl sites for hydroxylation is 1. The zero-order chi connectivity index (χ0) is 15.2. The summed E-state index contributed by atoms with van der Waals surface area (Å²) in [6.45, 7) is -0.0354. The van der Waals surface area contributed by atoms with Gasteiger partial charge in [-0.05, 0) is 30.2 Å². The van der Waals surface area contributed by atoms with Crippen molar-refractivity contribution < 1.29 is 13.9 Å². The van der Waals surface area contributed by atoms with Crippen LogP contribution in [0.5, 0.6) is 0 Å². The molecule has 0 atom stereocenters. The van der Waals surface area contributed by atoms with Gasteiger partial charge in [-0.25, -0.2) is 4.39 Å². The van der Waals surface area contributed by atoms with Crippen molar-refractivity contribution in [2.24, 2.45) is 0 Å². The number of hydrogen-bond donors (Lipinski definition) is 1. The number of anilines is 1. The van der Waals surface area contributed by atoms with Gasteiger partial charge >= 0.3 is 5.97 Å². The van der Waals surface area contributed by atoms with Crippen molar-refractivity contribution >= 4 is 23.3 Å². The first kappa shape index (κ1) is 15.3. The Kier molecular flexibility index (Phi) is 5.17. The van der Waals surface area contributed by atoms with Crippen LogP contribution in [0.15, 0.2) is 42.5 Å². The van der Waals surface area contributed by atoms with Crippen molar-refractivity contribution in [3.8, 4) is 0 Å². The van der Waals surface area contributed by atoms with Crippen molar-refractivity contribution in [2.45, 2.75) is 19.4 Å². The van der Waals surface area contributed by atoms with Gasteiger partial charge in [-0.3, -0.25) is 4.79 Å². The summed E-state index contributed by atoms with van der Waals surface area (Å²) >= 11 is 5.79. The van der Waals surface area contributed by atoms with Crippen LogP contribution in [0.2, 0.25) is 5.02 Å². The molecule has 21 heavy (non-hydrogen) atoms. The number of carbonyl (C=O) groups excluding carboxylic acids is 1. The summed E-state index contributed by atoms with van der Waals surface area (Å²) in [7, 11) is 0. The molecule has 0 bridgehead atoms. The quantitative estimate of drug-likeness (QED) is 0.676. The Morgan fingerprint density at radius 1 is 1.24 bits per heavy atom. The van der Waals surface area contributed by atoms with Crippen molar-refractivity contribution in [2.75, 3.05) is 5.73 Å². The molecule has 2 N–H and O–H groups in total. The van der Waals surface area contributed by atoms with Gasteiger partial charge in [-0.2, -0.15) is 0 Å². The minimum atomic E-state index is -0.523. The van der Waals surface area contributed by atoms with E-state index in [2.05, 4.69) is 0 Å². The number of ether oxygens (including phenoxy) is 1. The van der Waals surface area contributed by atoms with Crippen LogP contribution in [-0.4, -0.2) is 5.97 Å². The first-order valence-electron chi connectivity index (χ1n) is 6.49. The second-order valence-corrected chi connectivity index (χ2v) is 5.00. The minimum absolute atomic E-state index is 0.0128. The summed E-state index contributed by atoms with van der Waals surface area (Å²) in [6.07, 6.45) is 0.775. The molecule has 0 spiro atoms. The predicted molar refractivity (Wildman–Crippen MR) is 80.4 cm³/mol. The van der Waals surface area contributed by atoms with Gasteiger partial charge in [0.15, 0.2) is 0 Å². The van der Waals surface area contributed by atoms with E-state index in [1.54, 1.807) is 12.1 Å². The van der Waals surface area contributed by atoms with Crippen LogP contribution < -0.4 is 5.73 Å². The monoisotopic (exact) mass is 307 g/mol. The van der Waals surface area contributed by atoms with E-state index >= 15 is 0 Å².